The lowest BCUT2D eigenvalue weighted by atomic mass is 10.0. The highest BCUT2D eigenvalue weighted by atomic mass is 32.2. The third kappa shape index (κ3) is 4.13. The third-order valence-electron chi connectivity index (χ3n) is 3.64. The summed E-state index contributed by atoms with van der Waals surface area (Å²) in [5.41, 5.74) is 0. The second-order valence-electron chi connectivity index (χ2n) is 5.21. The first-order chi connectivity index (χ1) is 8.55. The van der Waals surface area contributed by atoms with Crippen molar-refractivity contribution in [1.29, 1.82) is 0 Å². The van der Waals surface area contributed by atoms with E-state index in [1.54, 1.807) is 0 Å². The predicted octanol–water partition coefficient (Wildman–Crippen LogP) is -0.670. The number of carbonyl (C=O) groups excluding carboxylic acids is 1. The van der Waals surface area contributed by atoms with Gasteiger partial charge in [0.2, 0.25) is 0 Å². The zero-order chi connectivity index (χ0) is 13.0. The van der Waals surface area contributed by atoms with Crippen molar-refractivity contribution >= 4 is 15.9 Å². The summed E-state index contributed by atoms with van der Waals surface area (Å²) in [7, 11) is -2.81. The first kappa shape index (κ1) is 13.6. The van der Waals surface area contributed by atoms with Crippen LogP contribution < -0.4 is 16.0 Å². The molecule has 104 valence electrons. The summed E-state index contributed by atoms with van der Waals surface area (Å²) in [5, 5.41) is 8.80. The van der Waals surface area contributed by atoms with Crippen LogP contribution in [0.2, 0.25) is 0 Å². The van der Waals surface area contributed by atoms with Crippen molar-refractivity contribution in [2.75, 3.05) is 37.7 Å². The molecule has 0 aromatic heterocycles. The van der Waals surface area contributed by atoms with Gasteiger partial charge in [0.15, 0.2) is 0 Å². The van der Waals surface area contributed by atoms with Crippen molar-refractivity contribution in [3.63, 3.8) is 0 Å². The van der Waals surface area contributed by atoms with Gasteiger partial charge in [-0.2, -0.15) is 0 Å². The standard InChI is InChI=1S/C11H21N3O3S/c15-11(14-8-10-5-12-6-10)13-7-9-1-3-18(16,17)4-2-9/h9-10,12H,1-8H2,(H2,13,14,15). The largest absolute Gasteiger partial charge is 0.338 e. The molecular formula is C11H21N3O3S. The third-order valence-corrected chi connectivity index (χ3v) is 5.36. The average molecular weight is 275 g/mol. The van der Waals surface area contributed by atoms with E-state index in [9.17, 15) is 13.2 Å². The van der Waals surface area contributed by atoms with Crippen LogP contribution in [-0.2, 0) is 9.84 Å². The highest BCUT2D eigenvalue weighted by Gasteiger charge is 2.24. The Hall–Kier alpha value is -0.820. The van der Waals surface area contributed by atoms with Crippen LogP contribution in [0.15, 0.2) is 0 Å². The predicted molar refractivity (Wildman–Crippen MR) is 69.1 cm³/mol. The smallest absolute Gasteiger partial charge is 0.314 e. The van der Waals surface area contributed by atoms with Gasteiger partial charge in [-0.05, 0) is 18.8 Å². The molecule has 0 spiro atoms. The zero-order valence-corrected chi connectivity index (χ0v) is 11.3. The molecule has 0 bridgehead atoms. The number of carbonyl (C=O) groups is 1. The molecule has 0 radical (unpaired) electrons. The summed E-state index contributed by atoms with van der Waals surface area (Å²) in [6.45, 7) is 3.23. The molecule has 0 atom stereocenters. The lowest BCUT2D eigenvalue weighted by molar-refractivity contribution is 0.233. The van der Waals surface area contributed by atoms with E-state index < -0.39 is 9.84 Å². The van der Waals surface area contributed by atoms with Gasteiger partial charge in [0.1, 0.15) is 9.84 Å². The van der Waals surface area contributed by atoms with Gasteiger partial charge >= 0.3 is 6.03 Å². The lowest BCUT2D eigenvalue weighted by Crippen LogP contribution is -2.50. The molecule has 0 unspecified atom stereocenters. The second-order valence-corrected chi connectivity index (χ2v) is 7.51. The highest BCUT2D eigenvalue weighted by Crippen LogP contribution is 2.17. The van der Waals surface area contributed by atoms with E-state index in [1.165, 1.54) is 0 Å². The van der Waals surface area contributed by atoms with Gasteiger partial charge in [0.25, 0.3) is 0 Å². The normalized spacial score (nSPS) is 24.2. The minimum Gasteiger partial charge on any atom is -0.338 e. The minimum absolute atomic E-state index is 0.143. The molecule has 7 heteroatoms. The van der Waals surface area contributed by atoms with Gasteiger partial charge in [0.05, 0.1) is 11.5 Å². The molecule has 2 amide bonds. The van der Waals surface area contributed by atoms with E-state index in [0.29, 0.717) is 37.8 Å². The molecule has 6 nitrogen and oxygen atoms in total. The maximum absolute atomic E-state index is 11.5. The van der Waals surface area contributed by atoms with Crippen molar-refractivity contribution in [2.45, 2.75) is 12.8 Å². The van der Waals surface area contributed by atoms with Gasteiger partial charge in [-0.1, -0.05) is 0 Å². The van der Waals surface area contributed by atoms with Crippen LogP contribution in [0, 0.1) is 11.8 Å². The Kier molecular flexibility index (Phi) is 4.45. The van der Waals surface area contributed by atoms with Crippen molar-refractivity contribution < 1.29 is 13.2 Å². The number of urea groups is 1. The van der Waals surface area contributed by atoms with Crippen LogP contribution in [-0.4, -0.2) is 52.1 Å². The van der Waals surface area contributed by atoms with Crippen LogP contribution in [0.5, 0.6) is 0 Å². The molecule has 2 aliphatic heterocycles. The number of nitrogens with one attached hydrogen (secondary N) is 3. The summed E-state index contributed by atoms with van der Waals surface area (Å²) in [6.07, 6.45) is 1.32. The Balaban J connectivity index is 1.58. The molecule has 3 N–H and O–H groups in total. The van der Waals surface area contributed by atoms with E-state index in [4.69, 9.17) is 0 Å². The van der Waals surface area contributed by atoms with Crippen LogP contribution in [0.3, 0.4) is 0 Å². The number of sulfone groups is 1. The molecule has 2 saturated heterocycles. The monoisotopic (exact) mass is 275 g/mol. The van der Waals surface area contributed by atoms with Crippen LogP contribution in [0.1, 0.15) is 12.8 Å². The van der Waals surface area contributed by atoms with Crippen LogP contribution in [0.25, 0.3) is 0 Å². The molecule has 0 aromatic rings. The van der Waals surface area contributed by atoms with E-state index in [1.807, 2.05) is 0 Å². The summed E-state index contributed by atoms with van der Waals surface area (Å²) in [4.78, 5) is 11.5. The van der Waals surface area contributed by atoms with Crippen molar-refractivity contribution in [3.05, 3.63) is 0 Å². The summed E-state index contributed by atoms with van der Waals surface area (Å²) < 4.78 is 22.5. The van der Waals surface area contributed by atoms with Crippen molar-refractivity contribution in [3.8, 4) is 0 Å². The number of rotatable bonds is 4. The number of hydrogen-bond donors (Lipinski definition) is 3. The maximum Gasteiger partial charge on any atom is 0.314 e. The fraction of sp³-hybridized carbons (Fsp3) is 0.909. The van der Waals surface area contributed by atoms with Crippen molar-refractivity contribution in [1.82, 2.24) is 16.0 Å². The van der Waals surface area contributed by atoms with Crippen LogP contribution in [0.4, 0.5) is 4.79 Å². The Morgan fingerprint density at radius 2 is 1.61 bits per heavy atom. The first-order valence-corrected chi connectivity index (χ1v) is 8.30. The van der Waals surface area contributed by atoms with E-state index in [0.717, 1.165) is 13.1 Å². The maximum atomic E-state index is 11.5. The molecule has 0 aliphatic carbocycles. The van der Waals surface area contributed by atoms with Gasteiger partial charge in [-0.15, -0.1) is 0 Å². The zero-order valence-electron chi connectivity index (χ0n) is 10.4. The fourth-order valence-corrected chi connectivity index (χ4v) is 3.76. The Morgan fingerprint density at radius 3 is 2.11 bits per heavy atom. The fourth-order valence-electron chi connectivity index (χ4n) is 2.17. The Morgan fingerprint density at radius 1 is 1.06 bits per heavy atom. The lowest BCUT2D eigenvalue weighted by Gasteiger charge is -2.27. The molecular weight excluding hydrogens is 254 g/mol. The SMILES string of the molecule is O=C(NCC1CCS(=O)(=O)CC1)NCC1CNC1. The van der Waals surface area contributed by atoms with Gasteiger partial charge in [-0.25, -0.2) is 13.2 Å². The van der Waals surface area contributed by atoms with E-state index >= 15 is 0 Å². The van der Waals surface area contributed by atoms with E-state index in [2.05, 4.69) is 16.0 Å². The summed E-state index contributed by atoms with van der Waals surface area (Å²) in [6, 6.07) is -0.143. The van der Waals surface area contributed by atoms with Crippen LogP contribution >= 0.6 is 0 Å². The van der Waals surface area contributed by atoms with Gasteiger partial charge in [-0.3, -0.25) is 0 Å². The molecule has 0 aromatic carbocycles. The molecule has 18 heavy (non-hydrogen) atoms. The molecule has 0 saturated carbocycles. The van der Waals surface area contributed by atoms with E-state index in [-0.39, 0.29) is 17.5 Å². The number of amides is 2. The molecule has 2 heterocycles. The topological polar surface area (TPSA) is 87.3 Å². The first-order valence-electron chi connectivity index (χ1n) is 6.48. The average Bonchev–Trinajstić information content (AvgIpc) is 2.25. The second kappa shape index (κ2) is 5.88. The summed E-state index contributed by atoms with van der Waals surface area (Å²) >= 11 is 0. The molecule has 2 rings (SSSR count). The molecule has 2 aliphatic rings. The highest BCUT2D eigenvalue weighted by molar-refractivity contribution is 7.91. The minimum atomic E-state index is -2.81. The number of hydrogen-bond acceptors (Lipinski definition) is 4. The Bertz CT molecular complexity index is 378. The van der Waals surface area contributed by atoms with Gasteiger partial charge < -0.3 is 16.0 Å². The molecule has 2 fully saturated rings. The quantitative estimate of drug-likeness (QED) is 0.635. The van der Waals surface area contributed by atoms with Crippen molar-refractivity contribution in [2.24, 2.45) is 11.8 Å². The summed E-state index contributed by atoms with van der Waals surface area (Å²) in [5.74, 6) is 1.36. The Labute approximate surface area is 108 Å². The van der Waals surface area contributed by atoms with Gasteiger partial charge in [0, 0.05) is 32.1 Å².